The molecule has 0 saturated heterocycles. The summed E-state index contributed by atoms with van der Waals surface area (Å²) in [6.07, 6.45) is -0.0457. The largest absolute Gasteiger partial charge is 0.478 e. The Morgan fingerprint density at radius 3 is 2.92 bits per heavy atom. The van der Waals surface area contributed by atoms with Crippen LogP contribution in [0.3, 0.4) is 0 Å². The summed E-state index contributed by atoms with van der Waals surface area (Å²) in [5, 5.41) is 11.9. The number of hydrogen-bond donors (Lipinski definition) is 3. The first-order valence-corrected chi connectivity index (χ1v) is 7.98. The quantitative estimate of drug-likeness (QED) is 0.650. The molecule has 0 fully saturated rings. The highest BCUT2D eigenvalue weighted by Gasteiger charge is 2.29. The van der Waals surface area contributed by atoms with Gasteiger partial charge in [-0.25, -0.2) is 4.98 Å². The number of nitrogens with one attached hydrogen (secondary N) is 1. The van der Waals surface area contributed by atoms with Crippen molar-refractivity contribution in [2.24, 2.45) is 5.73 Å². The Morgan fingerprint density at radius 1 is 1.50 bits per heavy atom. The summed E-state index contributed by atoms with van der Waals surface area (Å²) in [7, 11) is 1.52. The highest BCUT2D eigenvalue weighted by Crippen LogP contribution is 2.34. The van der Waals surface area contributed by atoms with Gasteiger partial charge in [0.15, 0.2) is 6.10 Å². The molecule has 2 atom stereocenters. The Bertz CT molecular complexity index is 936. The van der Waals surface area contributed by atoms with Gasteiger partial charge in [-0.05, 0) is 25.1 Å². The Labute approximate surface area is 150 Å². The first-order valence-electron chi connectivity index (χ1n) is 7.98. The van der Waals surface area contributed by atoms with Crippen molar-refractivity contribution in [3.05, 3.63) is 35.7 Å². The second-order valence-electron chi connectivity index (χ2n) is 5.84. The van der Waals surface area contributed by atoms with E-state index in [1.807, 2.05) is 0 Å². The van der Waals surface area contributed by atoms with Crippen LogP contribution in [0.5, 0.6) is 5.75 Å². The van der Waals surface area contributed by atoms with Crippen LogP contribution in [-0.2, 0) is 11.3 Å². The molecule has 2 unspecified atom stereocenters. The van der Waals surface area contributed by atoms with Gasteiger partial charge in [-0.2, -0.15) is 0 Å². The zero-order valence-electron chi connectivity index (χ0n) is 14.3. The number of nitrogens with two attached hydrogens (primary N) is 1. The molecule has 8 nitrogen and oxygen atoms in total. The van der Waals surface area contributed by atoms with Gasteiger partial charge in [0.05, 0.1) is 12.1 Å². The normalized spacial score (nSPS) is 16.0. The minimum atomic E-state index is -0.788. The van der Waals surface area contributed by atoms with Gasteiger partial charge in [-0.3, -0.25) is 9.59 Å². The summed E-state index contributed by atoms with van der Waals surface area (Å²) in [6, 6.07) is 5.15. The summed E-state index contributed by atoms with van der Waals surface area (Å²) in [6.45, 7) is 1.75. The average molecular weight is 354 g/mol. The van der Waals surface area contributed by atoms with Crippen LogP contribution in [0.2, 0.25) is 0 Å². The van der Waals surface area contributed by atoms with Crippen molar-refractivity contribution in [1.82, 2.24) is 14.9 Å². The molecule has 134 valence electrons. The van der Waals surface area contributed by atoms with Gasteiger partial charge in [0.2, 0.25) is 0 Å². The Morgan fingerprint density at radius 2 is 2.27 bits per heavy atom. The number of aromatic nitrogens is 2. The number of aliphatic hydroxyl groups is 1. The number of carbonyl (C=O) groups excluding carboxylic acids is 2. The number of hydrogen-bond acceptors (Lipinski definition) is 5. The fourth-order valence-electron chi connectivity index (χ4n) is 2.63. The van der Waals surface area contributed by atoms with Crippen molar-refractivity contribution >= 4 is 11.8 Å². The van der Waals surface area contributed by atoms with Crippen LogP contribution >= 0.6 is 0 Å². The van der Waals surface area contributed by atoms with Crippen molar-refractivity contribution < 1.29 is 19.4 Å². The number of benzene rings is 1. The highest BCUT2D eigenvalue weighted by atomic mass is 16.5. The van der Waals surface area contributed by atoms with Crippen LogP contribution in [0, 0.1) is 11.8 Å². The molecule has 0 spiro atoms. The third kappa shape index (κ3) is 3.38. The molecule has 8 heteroatoms. The smallest absolute Gasteiger partial charge is 0.268 e. The van der Waals surface area contributed by atoms with Crippen LogP contribution in [-0.4, -0.2) is 45.7 Å². The van der Waals surface area contributed by atoms with Gasteiger partial charge < -0.3 is 25.5 Å². The predicted octanol–water partition coefficient (Wildman–Crippen LogP) is -0.112. The number of aliphatic hydroxyl groups excluding tert-OH is 1. The molecule has 0 saturated carbocycles. The minimum absolute atomic E-state index is 0.101. The lowest BCUT2D eigenvalue weighted by atomic mass is 10.1. The minimum Gasteiger partial charge on any atom is -0.478 e. The number of imidazole rings is 1. The number of amides is 2. The first kappa shape index (κ1) is 17.5. The van der Waals surface area contributed by atoms with Crippen LogP contribution in [0.25, 0.3) is 11.4 Å². The standard InChI is InChI=1S/C18H18N4O4/c1-10(23)3-4-11-5-6-14-12(7-11)17-21-13(16(19)24)8-22(17)9-15(26-14)18(25)20-2/h5-8,10,15,23H,9H2,1-2H3,(H2,19,24)(H,20,25). The fraction of sp³-hybridized carbons (Fsp3) is 0.278. The van der Waals surface area contributed by atoms with Crippen molar-refractivity contribution in [2.45, 2.75) is 25.7 Å². The molecule has 0 bridgehead atoms. The number of ether oxygens (including phenoxy) is 1. The van der Waals surface area contributed by atoms with E-state index in [4.69, 9.17) is 10.5 Å². The Hall–Kier alpha value is -3.31. The zero-order valence-corrected chi connectivity index (χ0v) is 14.3. The monoisotopic (exact) mass is 354 g/mol. The van der Waals surface area contributed by atoms with E-state index in [-0.39, 0.29) is 18.1 Å². The average Bonchev–Trinajstić information content (AvgIpc) is 2.97. The number of fused-ring (bicyclic) bond motifs is 3. The zero-order chi connectivity index (χ0) is 18.8. The maximum atomic E-state index is 12.1. The third-order valence-electron chi connectivity index (χ3n) is 3.85. The van der Waals surface area contributed by atoms with Crippen LogP contribution < -0.4 is 15.8 Å². The summed E-state index contributed by atoms with van der Waals surface area (Å²) in [5.41, 5.74) is 6.67. The first-order chi connectivity index (χ1) is 12.4. The van der Waals surface area contributed by atoms with Crippen molar-refractivity contribution in [3.8, 4) is 29.0 Å². The number of rotatable bonds is 2. The molecule has 1 aliphatic heterocycles. The lowest BCUT2D eigenvalue weighted by molar-refractivity contribution is -0.127. The molecule has 4 N–H and O–H groups in total. The predicted molar refractivity (Wildman–Crippen MR) is 93.2 cm³/mol. The molecule has 0 radical (unpaired) electrons. The lowest BCUT2D eigenvalue weighted by Gasteiger charge is -2.16. The summed E-state index contributed by atoms with van der Waals surface area (Å²) in [4.78, 5) is 27.9. The molecular weight excluding hydrogens is 336 g/mol. The number of likely N-dealkylation sites (N-methyl/N-ethyl adjacent to an activating group) is 1. The van der Waals surface area contributed by atoms with Gasteiger partial charge in [0.1, 0.15) is 23.4 Å². The molecule has 2 amide bonds. The topological polar surface area (TPSA) is 119 Å². The SMILES string of the molecule is CNC(=O)C1Cn2cc(C(N)=O)nc2-c2cc(C#CC(C)O)ccc2O1. The number of primary amides is 1. The van der Waals surface area contributed by atoms with Crippen molar-refractivity contribution in [3.63, 3.8) is 0 Å². The maximum Gasteiger partial charge on any atom is 0.268 e. The number of nitrogens with zero attached hydrogens (tertiary/aromatic N) is 2. The van der Waals surface area contributed by atoms with E-state index in [2.05, 4.69) is 22.1 Å². The molecule has 0 aliphatic carbocycles. The molecule has 2 heterocycles. The van der Waals surface area contributed by atoms with E-state index in [1.54, 1.807) is 29.7 Å². The molecule has 2 aromatic rings. The highest BCUT2D eigenvalue weighted by molar-refractivity contribution is 5.91. The van der Waals surface area contributed by atoms with E-state index in [1.165, 1.54) is 13.2 Å². The molecule has 1 aromatic heterocycles. The summed E-state index contributed by atoms with van der Waals surface area (Å²) >= 11 is 0. The van der Waals surface area contributed by atoms with Crippen LogP contribution in [0.1, 0.15) is 23.0 Å². The van der Waals surface area contributed by atoms with Gasteiger partial charge in [0, 0.05) is 18.8 Å². The Kier molecular flexibility index (Phi) is 4.65. The van der Waals surface area contributed by atoms with E-state index < -0.39 is 18.1 Å². The van der Waals surface area contributed by atoms with E-state index in [9.17, 15) is 14.7 Å². The lowest BCUT2D eigenvalue weighted by Crippen LogP contribution is -2.38. The molecular formula is C18H18N4O4. The summed E-state index contributed by atoms with van der Waals surface area (Å²) < 4.78 is 7.51. The van der Waals surface area contributed by atoms with Crippen molar-refractivity contribution in [1.29, 1.82) is 0 Å². The second kappa shape index (κ2) is 6.90. The molecule has 26 heavy (non-hydrogen) atoms. The van der Waals surface area contributed by atoms with Crippen LogP contribution in [0.4, 0.5) is 0 Å². The van der Waals surface area contributed by atoms with E-state index in [0.717, 1.165) is 0 Å². The maximum absolute atomic E-state index is 12.1. The van der Waals surface area contributed by atoms with Gasteiger partial charge in [0.25, 0.3) is 11.8 Å². The van der Waals surface area contributed by atoms with Gasteiger partial charge in [-0.15, -0.1) is 0 Å². The summed E-state index contributed by atoms with van der Waals surface area (Å²) in [5.74, 6) is 5.48. The second-order valence-corrected chi connectivity index (χ2v) is 5.84. The molecule has 1 aromatic carbocycles. The third-order valence-corrected chi connectivity index (χ3v) is 3.85. The molecule has 3 rings (SSSR count). The van der Waals surface area contributed by atoms with E-state index in [0.29, 0.717) is 22.7 Å². The number of carbonyl (C=O) groups is 2. The van der Waals surface area contributed by atoms with Gasteiger partial charge >= 0.3 is 0 Å². The Balaban J connectivity index is 2.15. The van der Waals surface area contributed by atoms with Gasteiger partial charge in [-0.1, -0.05) is 11.8 Å². The molecule has 1 aliphatic rings. The van der Waals surface area contributed by atoms with E-state index >= 15 is 0 Å². The van der Waals surface area contributed by atoms with Crippen molar-refractivity contribution in [2.75, 3.05) is 7.05 Å². The fourth-order valence-corrected chi connectivity index (χ4v) is 2.63. The van der Waals surface area contributed by atoms with Crippen LogP contribution in [0.15, 0.2) is 24.4 Å².